The number of anilines is 1. The maximum atomic E-state index is 13.3. The Hall–Kier alpha value is -4.18. The molecule has 37 heavy (non-hydrogen) atoms. The number of ether oxygens (including phenoxy) is 3. The number of amides is 1. The van der Waals surface area contributed by atoms with Gasteiger partial charge in [-0.3, -0.25) is 14.5 Å². The summed E-state index contributed by atoms with van der Waals surface area (Å²) in [6, 6.07) is 14.5. The molecule has 192 valence electrons. The summed E-state index contributed by atoms with van der Waals surface area (Å²) in [5, 5.41) is 11.5. The van der Waals surface area contributed by atoms with E-state index >= 15 is 0 Å². The number of hydrogen-bond acceptors (Lipinski definition) is 6. The van der Waals surface area contributed by atoms with Crippen LogP contribution in [-0.2, 0) is 9.59 Å². The highest BCUT2D eigenvalue weighted by molar-refractivity contribution is 6.51. The van der Waals surface area contributed by atoms with Crippen LogP contribution < -0.4 is 19.1 Å². The third-order valence-corrected chi connectivity index (χ3v) is 5.91. The van der Waals surface area contributed by atoms with E-state index in [1.54, 1.807) is 30.3 Å². The van der Waals surface area contributed by atoms with Crippen LogP contribution in [0.2, 0.25) is 5.02 Å². The Bertz CT molecular complexity index is 1390. The molecule has 0 aromatic heterocycles. The number of alkyl halides is 3. The molecule has 1 amide bonds. The number of nitrogens with zero attached hydrogens (tertiary/aromatic N) is 1. The second-order valence-electron chi connectivity index (χ2n) is 7.81. The van der Waals surface area contributed by atoms with Crippen LogP contribution in [-0.4, -0.2) is 37.4 Å². The number of benzene rings is 3. The Morgan fingerprint density at radius 2 is 1.62 bits per heavy atom. The van der Waals surface area contributed by atoms with Crippen molar-refractivity contribution in [2.24, 2.45) is 0 Å². The first kappa shape index (κ1) is 25.9. The Morgan fingerprint density at radius 3 is 2.24 bits per heavy atom. The van der Waals surface area contributed by atoms with Gasteiger partial charge in [0, 0.05) is 17.8 Å². The number of halogens is 4. The molecule has 7 nitrogen and oxygen atoms in total. The summed E-state index contributed by atoms with van der Waals surface area (Å²) in [6.07, 6.45) is -4.96. The molecule has 3 aromatic carbocycles. The highest BCUT2D eigenvalue weighted by Crippen LogP contribution is 2.45. The molecule has 0 radical (unpaired) electrons. The summed E-state index contributed by atoms with van der Waals surface area (Å²) in [6.45, 7) is 0. The molecule has 1 saturated heterocycles. The quantitative estimate of drug-likeness (QED) is 0.242. The fraction of sp³-hybridized carbons (Fsp3) is 0.154. The predicted molar refractivity (Wildman–Crippen MR) is 129 cm³/mol. The van der Waals surface area contributed by atoms with E-state index in [0.29, 0.717) is 5.56 Å². The number of carbonyl (C=O) groups is 2. The lowest BCUT2D eigenvalue weighted by molar-refractivity contribution is -0.274. The van der Waals surface area contributed by atoms with E-state index in [2.05, 4.69) is 4.74 Å². The van der Waals surface area contributed by atoms with Gasteiger partial charge in [-0.25, -0.2) is 0 Å². The lowest BCUT2D eigenvalue weighted by Gasteiger charge is -2.26. The third-order valence-electron chi connectivity index (χ3n) is 5.62. The van der Waals surface area contributed by atoms with Crippen molar-refractivity contribution in [3.8, 4) is 17.2 Å². The molecule has 0 spiro atoms. The number of Topliss-reactive ketones (excluding diaryl/α,β-unsaturated/α-hetero) is 1. The van der Waals surface area contributed by atoms with Crippen LogP contribution in [0.5, 0.6) is 17.2 Å². The molecule has 1 aliphatic rings. The summed E-state index contributed by atoms with van der Waals surface area (Å²) in [4.78, 5) is 27.6. The minimum absolute atomic E-state index is 0.0248. The molecule has 1 atom stereocenters. The van der Waals surface area contributed by atoms with Gasteiger partial charge in [-0.15, -0.1) is 13.2 Å². The van der Waals surface area contributed by atoms with Gasteiger partial charge < -0.3 is 19.3 Å². The van der Waals surface area contributed by atoms with Gasteiger partial charge in [0.05, 0.1) is 36.4 Å². The molecule has 1 aliphatic heterocycles. The van der Waals surface area contributed by atoms with Gasteiger partial charge in [-0.05, 0) is 23.8 Å². The zero-order valence-corrected chi connectivity index (χ0v) is 20.1. The topological polar surface area (TPSA) is 85.3 Å². The lowest BCUT2D eigenvalue weighted by Crippen LogP contribution is -2.29. The van der Waals surface area contributed by atoms with E-state index < -0.39 is 35.6 Å². The first-order chi connectivity index (χ1) is 17.6. The standard InChI is InChI=1S/C26H19ClF3NO6/c1-35-19-13-18(27)20(36-2)12-17(19)23(32)21-22(14-7-4-3-5-8-14)31(25(34)24(21)33)15-9-6-10-16(11-15)37-26(28,29)30/h3-13,22,32H,1-2H3/b23-21+. The van der Waals surface area contributed by atoms with Crippen LogP contribution in [0.3, 0.4) is 0 Å². The Balaban J connectivity index is 1.94. The van der Waals surface area contributed by atoms with Crippen molar-refractivity contribution in [1.29, 1.82) is 0 Å². The van der Waals surface area contributed by atoms with Crippen LogP contribution in [0.4, 0.5) is 18.9 Å². The SMILES string of the molecule is COc1cc(/C(O)=C2\C(=O)C(=O)N(c3cccc(OC(F)(F)F)c3)C2c2ccccc2)c(OC)cc1Cl. The molecular weight excluding hydrogens is 515 g/mol. The second kappa shape index (κ2) is 10.1. The summed E-state index contributed by atoms with van der Waals surface area (Å²) in [7, 11) is 2.69. The van der Waals surface area contributed by atoms with E-state index in [-0.39, 0.29) is 33.3 Å². The van der Waals surface area contributed by atoms with Gasteiger partial charge in [0.25, 0.3) is 11.7 Å². The molecule has 1 heterocycles. The van der Waals surface area contributed by atoms with Gasteiger partial charge in [0.2, 0.25) is 0 Å². The maximum absolute atomic E-state index is 13.3. The highest BCUT2D eigenvalue weighted by Gasteiger charge is 2.47. The molecule has 0 saturated carbocycles. The first-order valence-electron chi connectivity index (χ1n) is 10.7. The number of rotatable bonds is 6. The average Bonchev–Trinajstić information content (AvgIpc) is 3.13. The minimum Gasteiger partial charge on any atom is -0.507 e. The first-order valence-corrected chi connectivity index (χ1v) is 11.1. The Kier molecular flexibility index (Phi) is 7.04. The van der Waals surface area contributed by atoms with Crippen molar-refractivity contribution in [1.82, 2.24) is 0 Å². The number of ketones is 1. The molecular formula is C26H19ClF3NO6. The molecule has 0 bridgehead atoms. The van der Waals surface area contributed by atoms with E-state index in [4.69, 9.17) is 21.1 Å². The van der Waals surface area contributed by atoms with E-state index in [0.717, 1.165) is 17.0 Å². The van der Waals surface area contributed by atoms with Crippen molar-refractivity contribution in [2.75, 3.05) is 19.1 Å². The summed E-state index contributed by atoms with van der Waals surface area (Å²) in [5.41, 5.74) is 0.0977. The average molecular weight is 534 g/mol. The lowest BCUT2D eigenvalue weighted by atomic mass is 9.94. The van der Waals surface area contributed by atoms with Crippen molar-refractivity contribution in [3.05, 3.63) is 88.5 Å². The number of methoxy groups -OCH3 is 2. The van der Waals surface area contributed by atoms with Gasteiger partial charge in [-0.1, -0.05) is 48.0 Å². The molecule has 1 N–H and O–H groups in total. The maximum Gasteiger partial charge on any atom is 0.573 e. The largest absolute Gasteiger partial charge is 0.573 e. The summed E-state index contributed by atoms with van der Waals surface area (Å²) in [5.74, 6) is -3.00. The second-order valence-corrected chi connectivity index (χ2v) is 8.22. The Labute approximate surface area is 214 Å². The van der Waals surface area contributed by atoms with Crippen LogP contribution in [0.1, 0.15) is 17.2 Å². The van der Waals surface area contributed by atoms with Crippen LogP contribution in [0, 0.1) is 0 Å². The van der Waals surface area contributed by atoms with Crippen LogP contribution >= 0.6 is 11.6 Å². The number of hydrogen-bond donors (Lipinski definition) is 1. The molecule has 3 aromatic rings. The van der Waals surface area contributed by atoms with Gasteiger partial charge in [0.15, 0.2) is 0 Å². The molecule has 0 aliphatic carbocycles. The van der Waals surface area contributed by atoms with Crippen molar-refractivity contribution >= 4 is 34.7 Å². The zero-order chi connectivity index (χ0) is 26.9. The zero-order valence-electron chi connectivity index (χ0n) is 19.4. The molecule has 1 fully saturated rings. The van der Waals surface area contributed by atoms with E-state index in [1.165, 1.54) is 38.5 Å². The third kappa shape index (κ3) is 5.05. The number of carbonyl (C=O) groups excluding carboxylic acids is 2. The number of aliphatic hydroxyl groups is 1. The number of aliphatic hydroxyl groups excluding tert-OH is 1. The fourth-order valence-corrected chi connectivity index (χ4v) is 4.30. The van der Waals surface area contributed by atoms with Gasteiger partial charge in [0.1, 0.15) is 23.0 Å². The van der Waals surface area contributed by atoms with E-state index in [1.807, 2.05) is 0 Å². The fourth-order valence-electron chi connectivity index (χ4n) is 4.07. The predicted octanol–water partition coefficient (Wildman–Crippen LogP) is 5.88. The summed E-state index contributed by atoms with van der Waals surface area (Å²) >= 11 is 6.16. The molecule has 1 unspecified atom stereocenters. The van der Waals surface area contributed by atoms with Crippen molar-refractivity contribution in [2.45, 2.75) is 12.4 Å². The van der Waals surface area contributed by atoms with E-state index in [9.17, 15) is 27.9 Å². The Morgan fingerprint density at radius 1 is 0.946 bits per heavy atom. The normalized spacial score (nSPS) is 17.1. The van der Waals surface area contributed by atoms with Crippen molar-refractivity contribution in [3.63, 3.8) is 0 Å². The molecule has 4 rings (SSSR count). The van der Waals surface area contributed by atoms with Crippen LogP contribution in [0.15, 0.2) is 72.3 Å². The molecule has 11 heteroatoms. The highest BCUT2D eigenvalue weighted by atomic mass is 35.5. The monoisotopic (exact) mass is 533 g/mol. The van der Waals surface area contributed by atoms with Gasteiger partial charge in [-0.2, -0.15) is 0 Å². The summed E-state index contributed by atoms with van der Waals surface area (Å²) < 4.78 is 53.0. The smallest absolute Gasteiger partial charge is 0.507 e. The van der Waals surface area contributed by atoms with Crippen molar-refractivity contribution < 1.29 is 42.1 Å². The van der Waals surface area contributed by atoms with Crippen LogP contribution in [0.25, 0.3) is 5.76 Å². The minimum atomic E-state index is -4.96. The van der Waals surface area contributed by atoms with Gasteiger partial charge >= 0.3 is 6.36 Å².